The summed E-state index contributed by atoms with van der Waals surface area (Å²) < 4.78 is 0. The van der Waals surface area contributed by atoms with E-state index in [1.165, 1.54) is 5.56 Å². The number of carboxylic acid groups (broad SMARTS) is 1. The van der Waals surface area contributed by atoms with E-state index in [0.29, 0.717) is 23.0 Å². The molecule has 4 N–H and O–H groups in total. The number of aliphatic carboxylic acids is 1. The van der Waals surface area contributed by atoms with Crippen LogP contribution in [0.25, 0.3) is 22.4 Å². The maximum atomic E-state index is 11.3. The van der Waals surface area contributed by atoms with Gasteiger partial charge in [0, 0.05) is 48.7 Å². The molecule has 43 heavy (non-hydrogen) atoms. The van der Waals surface area contributed by atoms with Gasteiger partial charge in [-0.1, -0.05) is 36.4 Å². The fourth-order valence-electron chi connectivity index (χ4n) is 7.12. The van der Waals surface area contributed by atoms with Crippen LogP contribution in [0.15, 0.2) is 67.0 Å². The lowest BCUT2D eigenvalue weighted by molar-refractivity contribution is -0.142. The van der Waals surface area contributed by atoms with Crippen molar-refractivity contribution in [3.63, 3.8) is 0 Å². The van der Waals surface area contributed by atoms with Crippen LogP contribution in [0.4, 0.5) is 17.5 Å². The molecule has 2 saturated heterocycles. The molecule has 0 radical (unpaired) electrons. The number of nitrogens with zero attached hydrogens (tertiary/aromatic N) is 6. The molecule has 2 aromatic carbocycles. The molecule has 3 fully saturated rings. The number of piperazine rings is 1. The number of aromatic hydroxyl groups is 1. The van der Waals surface area contributed by atoms with Crippen LogP contribution in [0.5, 0.6) is 5.75 Å². The number of nitrogens with two attached hydrogens (primary N) is 1. The third-order valence-electron chi connectivity index (χ3n) is 9.47. The Labute approximate surface area is 250 Å². The van der Waals surface area contributed by atoms with Crippen molar-refractivity contribution in [1.82, 2.24) is 20.2 Å². The van der Waals surface area contributed by atoms with Crippen molar-refractivity contribution in [2.45, 2.75) is 56.5 Å². The molecule has 2 atom stereocenters. The van der Waals surface area contributed by atoms with E-state index in [1.54, 1.807) is 12.1 Å². The number of aromatic nitrogens is 4. The van der Waals surface area contributed by atoms with Crippen LogP contribution >= 0.6 is 0 Å². The molecule has 3 aliphatic rings. The van der Waals surface area contributed by atoms with E-state index in [4.69, 9.17) is 15.7 Å². The van der Waals surface area contributed by atoms with E-state index in [9.17, 15) is 15.0 Å². The minimum atomic E-state index is -0.665. The number of hydrogen-bond acceptors (Lipinski definition) is 9. The summed E-state index contributed by atoms with van der Waals surface area (Å²) in [7, 11) is 0. The minimum absolute atomic E-state index is 0.161. The topological polar surface area (TPSA) is 142 Å². The number of rotatable bonds is 6. The molecule has 2 aliphatic heterocycles. The average molecular weight is 578 g/mol. The Bertz CT molecular complexity index is 1610. The monoisotopic (exact) mass is 577 g/mol. The van der Waals surface area contributed by atoms with E-state index in [0.717, 1.165) is 74.4 Å². The SMILES string of the molecule is Nc1nnc(-c2ccccc2O)cc1N1CC2CC[C@@H](C1)N2c1ncc(-c2ccc(C3CCC(C(=O)O)CC3)cc2)cn1. The molecule has 7 rings (SSSR count). The molecule has 0 spiro atoms. The first-order valence-electron chi connectivity index (χ1n) is 15.0. The minimum Gasteiger partial charge on any atom is -0.507 e. The number of carbonyl (C=O) groups is 1. The molecular formula is C33H35N7O3. The van der Waals surface area contributed by atoms with Crippen LogP contribution in [0.2, 0.25) is 0 Å². The van der Waals surface area contributed by atoms with Crippen molar-refractivity contribution in [3.8, 4) is 28.1 Å². The Hall–Kier alpha value is -4.73. The third kappa shape index (κ3) is 5.22. The van der Waals surface area contributed by atoms with Gasteiger partial charge >= 0.3 is 5.97 Å². The van der Waals surface area contributed by atoms with Gasteiger partial charge in [0.05, 0.1) is 17.3 Å². The number of hydrogen-bond donors (Lipinski definition) is 3. The summed E-state index contributed by atoms with van der Waals surface area (Å²) in [4.78, 5) is 25.5. The van der Waals surface area contributed by atoms with E-state index in [2.05, 4.69) is 44.3 Å². The number of nitrogen functional groups attached to an aromatic ring is 1. The highest BCUT2D eigenvalue weighted by molar-refractivity contribution is 5.74. The number of phenols is 1. The van der Waals surface area contributed by atoms with Gasteiger partial charge in [0.15, 0.2) is 5.82 Å². The molecule has 1 unspecified atom stereocenters. The summed E-state index contributed by atoms with van der Waals surface area (Å²) >= 11 is 0. The van der Waals surface area contributed by atoms with Crippen molar-refractivity contribution in [1.29, 1.82) is 0 Å². The lowest BCUT2D eigenvalue weighted by Gasteiger charge is -2.42. The molecule has 10 heteroatoms. The van der Waals surface area contributed by atoms with Gasteiger partial charge in [-0.2, -0.15) is 0 Å². The van der Waals surface area contributed by atoms with Gasteiger partial charge in [-0.3, -0.25) is 4.79 Å². The Balaban J connectivity index is 1.03. The van der Waals surface area contributed by atoms with Crippen LogP contribution in [-0.2, 0) is 4.79 Å². The van der Waals surface area contributed by atoms with Gasteiger partial charge in [0.1, 0.15) is 5.75 Å². The molecule has 2 aromatic heterocycles. The fourth-order valence-corrected chi connectivity index (χ4v) is 7.12. The summed E-state index contributed by atoms with van der Waals surface area (Å²) in [5.41, 5.74) is 11.7. The first kappa shape index (κ1) is 27.1. The zero-order valence-corrected chi connectivity index (χ0v) is 23.9. The van der Waals surface area contributed by atoms with Crippen molar-refractivity contribution in [3.05, 3.63) is 72.6 Å². The van der Waals surface area contributed by atoms with Crippen LogP contribution in [-0.4, -0.2) is 61.5 Å². The predicted octanol–water partition coefficient (Wildman–Crippen LogP) is 5.10. The van der Waals surface area contributed by atoms with Crippen molar-refractivity contribution < 1.29 is 15.0 Å². The van der Waals surface area contributed by atoms with E-state index in [1.807, 2.05) is 30.6 Å². The Morgan fingerprint density at radius 2 is 1.51 bits per heavy atom. The second-order valence-electron chi connectivity index (χ2n) is 12.0. The molecule has 1 saturated carbocycles. The number of para-hydroxylation sites is 1. The maximum Gasteiger partial charge on any atom is 0.306 e. The Kier molecular flexibility index (Phi) is 7.04. The lowest BCUT2D eigenvalue weighted by Crippen LogP contribution is -2.54. The van der Waals surface area contributed by atoms with Crippen LogP contribution in [0.3, 0.4) is 0 Å². The Morgan fingerprint density at radius 1 is 0.837 bits per heavy atom. The summed E-state index contributed by atoms with van der Waals surface area (Å²) in [5.74, 6) is 0.854. The predicted molar refractivity (Wildman–Crippen MR) is 165 cm³/mol. The van der Waals surface area contributed by atoms with E-state index < -0.39 is 5.97 Å². The first-order valence-corrected chi connectivity index (χ1v) is 15.0. The highest BCUT2D eigenvalue weighted by atomic mass is 16.4. The molecule has 4 aromatic rings. The van der Waals surface area contributed by atoms with Gasteiger partial charge in [0.25, 0.3) is 0 Å². The Morgan fingerprint density at radius 3 is 2.16 bits per heavy atom. The van der Waals surface area contributed by atoms with E-state index in [-0.39, 0.29) is 23.8 Å². The number of anilines is 3. The largest absolute Gasteiger partial charge is 0.507 e. The molecule has 10 nitrogen and oxygen atoms in total. The quantitative estimate of drug-likeness (QED) is 0.283. The summed E-state index contributed by atoms with van der Waals surface area (Å²) in [6.07, 6.45) is 9.26. The second-order valence-corrected chi connectivity index (χ2v) is 12.0. The van der Waals surface area contributed by atoms with Crippen molar-refractivity contribution in [2.75, 3.05) is 28.6 Å². The highest BCUT2D eigenvalue weighted by Gasteiger charge is 2.42. The molecule has 2 bridgehead atoms. The number of phenolic OH excluding ortho intramolecular Hbond substituents is 1. The zero-order chi connectivity index (χ0) is 29.5. The molecular weight excluding hydrogens is 542 g/mol. The smallest absolute Gasteiger partial charge is 0.306 e. The zero-order valence-electron chi connectivity index (χ0n) is 23.9. The molecule has 220 valence electrons. The number of fused-ring (bicyclic) bond motifs is 2. The van der Waals surface area contributed by atoms with Gasteiger partial charge in [-0.05, 0) is 73.8 Å². The van der Waals surface area contributed by atoms with E-state index >= 15 is 0 Å². The highest BCUT2D eigenvalue weighted by Crippen LogP contribution is 2.39. The van der Waals surface area contributed by atoms with Crippen LogP contribution < -0.4 is 15.5 Å². The van der Waals surface area contributed by atoms with Crippen LogP contribution in [0.1, 0.15) is 50.0 Å². The van der Waals surface area contributed by atoms with Gasteiger partial charge in [-0.25, -0.2) is 9.97 Å². The normalized spacial score (nSPS) is 23.3. The molecule has 0 amide bonds. The lowest BCUT2D eigenvalue weighted by atomic mass is 9.78. The summed E-state index contributed by atoms with van der Waals surface area (Å²) in [6, 6.07) is 18.1. The second kappa shape index (κ2) is 11.2. The van der Waals surface area contributed by atoms with Gasteiger partial charge in [0.2, 0.25) is 5.95 Å². The first-order chi connectivity index (χ1) is 20.9. The number of benzene rings is 2. The fraction of sp³-hybridized carbons (Fsp3) is 0.364. The third-order valence-corrected chi connectivity index (χ3v) is 9.47. The molecule has 4 heterocycles. The van der Waals surface area contributed by atoms with Gasteiger partial charge < -0.3 is 25.7 Å². The standard InChI is InChI=1S/C33H35N7O3/c34-31-29(15-28(37-38-31)27-3-1-2-4-30(27)41)39-18-25-13-14-26(19-39)40(25)33-35-16-24(17-36-33)22-7-5-20(6-8-22)21-9-11-23(12-10-21)32(42)43/h1-8,15-17,21,23,25-26,41H,9-14,18-19H2,(H2,34,38)(H,42,43)/t21?,23?,25-,26?/m0/s1. The van der Waals surface area contributed by atoms with Gasteiger partial charge in [-0.15, -0.1) is 10.2 Å². The van der Waals surface area contributed by atoms with Crippen molar-refractivity contribution >= 4 is 23.4 Å². The molecule has 1 aliphatic carbocycles. The summed E-state index contributed by atoms with van der Waals surface area (Å²) in [5, 5.41) is 28.1. The maximum absolute atomic E-state index is 11.3. The average Bonchev–Trinajstić information content (AvgIpc) is 3.30. The number of carboxylic acids is 1. The summed E-state index contributed by atoms with van der Waals surface area (Å²) in [6.45, 7) is 1.54. The van der Waals surface area contributed by atoms with Crippen LogP contribution in [0, 0.1) is 5.92 Å². The van der Waals surface area contributed by atoms with Crippen molar-refractivity contribution in [2.24, 2.45) is 5.92 Å².